The molecule has 4 N–H and O–H groups in total. The molecule has 0 aliphatic carbocycles. The summed E-state index contributed by atoms with van der Waals surface area (Å²) in [6.45, 7) is 3.15. The average molecular weight is 359 g/mol. The number of hydrogen-bond acceptors (Lipinski definition) is 6. The highest BCUT2D eigenvalue weighted by Crippen LogP contribution is 2.39. The highest BCUT2D eigenvalue weighted by molar-refractivity contribution is 7.72. The Morgan fingerprint density at radius 3 is 2.62 bits per heavy atom. The van der Waals surface area contributed by atoms with Gasteiger partial charge in [0.25, 0.3) is 5.56 Å². The lowest BCUT2D eigenvalue weighted by Crippen LogP contribution is -2.39. The normalized spacial score (nSPS) is 27.5. The van der Waals surface area contributed by atoms with E-state index >= 15 is 0 Å². The first-order chi connectivity index (χ1) is 11.1. The van der Waals surface area contributed by atoms with Gasteiger partial charge in [-0.1, -0.05) is 0 Å². The highest BCUT2D eigenvalue weighted by atomic mass is 31.2. The number of aliphatic hydroxyl groups excluding tert-OH is 2. The van der Waals surface area contributed by atoms with Crippen LogP contribution in [-0.4, -0.2) is 70.9 Å². The molecule has 0 radical (unpaired) electrons. The van der Waals surface area contributed by atoms with E-state index in [4.69, 9.17) is 4.74 Å². The number of aliphatic hydroxyl groups is 2. The topological polar surface area (TPSA) is 117 Å². The zero-order valence-electron chi connectivity index (χ0n) is 14.2. The van der Waals surface area contributed by atoms with Gasteiger partial charge < -0.3 is 20.3 Å². The minimum atomic E-state index is -1.29. The van der Waals surface area contributed by atoms with Crippen LogP contribution in [0.25, 0.3) is 0 Å². The number of nitrogens with zero attached hydrogens (tertiary/aromatic N) is 1. The van der Waals surface area contributed by atoms with Crippen LogP contribution in [-0.2, 0) is 11.3 Å². The molecule has 1 aliphatic heterocycles. The lowest BCUT2D eigenvalue weighted by atomic mass is 10.1. The van der Waals surface area contributed by atoms with Crippen molar-refractivity contribution in [1.82, 2.24) is 14.9 Å². The Hall–Kier alpha value is -1.18. The van der Waals surface area contributed by atoms with E-state index in [0.717, 1.165) is 10.7 Å². The largest absolute Gasteiger partial charge is 0.388 e. The molecule has 1 aromatic heterocycles. The van der Waals surface area contributed by atoms with Crippen molar-refractivity contribution in [3.8, 4) is 0 Å². The van der Waals surface area contributed by atoms with E-state index in [1.807, 2.05) is 0 Å². The van der Waals surface area contributed by atoms with Crippen molar-refractivity contribution in [3.63, 3.8) is 0 Å². The molecule has 0 bridgehead atoms. The number of aromatic amines is 1. The SMILES string of the molecule is C=P(C)(C)CC[C@H]1O[C@@H](n2cc(CNC)c(=O)[nH]c2=O)[C@H](O)[C@@H]1O. The van der Waals surface area contributed by atoms with E-state index < -0.39 is 42.7 Å². The molecule has 0 unspecified atom stereocenters. The predicted octanol–water partition coefficient (Wildman–Crippen LogP) is -1.03. The van der Waals surface area contributed by atoms with Crippen LogP contribution in [0.4, 0.5) is 0 Å². The van der Waals surface area contributed by atoms with Crippen molar-refractivity contribution in [3.05, 3.63) is 32.6 Å². The molecule has 136 valence electrons. The van der Waals surface area contributed by atoms with Gasteiger partial charge in [-0.25, -0.2) is 4.79 Å². The first kappa shape index (κ1) is 19.1. The van der Waals surface area contributed by atoms with Crippen LogP contribution in [0, 0.1) is 0 Å². The Morgan fingerprint density at radius 1 is 1.38 bits per heavy atom. The zero-order valence-corrected chi connectivity index (χ0v) is 15.1. The Balaban J connectivity index is 2.26. The van der Waals surface area contributed by atoms with E-state index in [9.17, 15) is 19.8 Å². The van der Waals surface area contributed by atoms with Crippen molar-refractivity contribution in [2.75, 3.05) is 26.5 Å². The molecule has 1 saturated heterocycles. The fourth-order valence-corrected chi connectivity index (χ4v) is 3.66. The number of ether oxygens (including phenoxy) is 1. The summed E-state index contributed by atoms with van der Waals surface area (Å²) in [6.07, 6.45) is 2.90. The second-order valence-electron chi connectivity index (χ2n) is 6.85. The predicted molar refractivity (Wildman–Crippen MR) is 95.4 cm³/mol. The van der Waals surface area contributed by atoms with Crippen molar-refractivity contribution in [2.45, 2.75) is 37.5 Å². The molecular weight excluding hydrogens is 333 g/mol. The third-order valence-electron chi connectivity index (χ3n) is 4.04. The lowest BCUT2D eigenvalue weighted by molar-refractivity contribution is -0.0404. The molecule has 24 heavy (non-hydrogen) atoms. The molecule has 1 aliphatic rings. The fraction of sp³-hybridized carbons (Fsp3) is 0.667. The molecule has 0 saturated carbocycles. The molecule has 9 heteroatoms. The third kappa shape index (κ3) is 4.26. The van der Waals surface area contributed by atoms with Crippen molar-refractivity contribution in [1.29, 1.82) is 0 Å². The monoisotopic (exact) mass is 359 g/mol. The van der Waals surface area contributed by atoms with Crippen LogP contribution in [0.5, 0.6) is 0 Å². The Morgan fingerprint density at radius 2 is 2.04 bits per heavy atom. The van der Waals surface area contributed by atoms with Gasteiger partial charge in [0.1, 0.15) is 12.2 Å². The van der Waals surface area contributed by atoms with Crippen LogP contribution >= 0.6 is 6.89 Å². The maximum absolute atomic E-state index is 12.1. The lowest BCUT2D eigenvalue weighted by Gasteiger charge is -2.19. The van der Waals surface area contributed by atoms with Gasteiger partial charge in [-0.15, -0.1) is 13.2 Å². The molecule has 4 atom stereocenters. The second-order valence-corrected chi connectivity index (χ2v) is 11.2. The van der Waals surface area contributed by atoms with Gasteiger partial charge in [-0.2, -0.15) is 0 Å². The summed E-state index contributed by atoms with van der Waals surface area (Å²) < 4.78 is 6.86. The standard InChI is InChI=1S/C15H26N3O5P/c1-16-7-9-8-18(15(22)17-13(9)21)14-12(20)11(19)10(23-14)5-6-24(2,3)4/h8,10-12,14,16,19-20H,2,5-7H2,1,3-4H3,(H,17,21,22)/t10-,11-,12-,14-/m1/s1. The summed E-state index contributed by atoms with van der Waals surface area (Å²) in [5.41, 5.74) is -0.823. The summed E-state index contributed by atoms with van der Waals surface area (Å²) >= 11 is 0. The number of nitrogens with one attached hydrogen (secondary N) is 2. The van der Waals surface area contributed by atoms with Gasteiger partial charge >= 0.3 is 5.69 Å². The summed E-state index contributed by atoms with van der Waals surface area (Å²) in [5.74, 6) is 0. The summed E-state index contributed by atoms with van der Waals surface area (Å²) in [6, 6.07) is 0. The van der Waals surface area contributed by atoms with E-state index in [1.165, 1.54) is 6.20 Å². The van der Waals surface area contributed by atoms with Crippen LogP contribution in [0.3, 0.4) is 0 Å². The third-order valence-corrected chi connectivity index (χ3v) is 5.51. The minimum Gasteiger partial charge on any atom is -0.388 e. The molecule has 2 heterocycles. The Labute approximate surface area is 140 Å². The van der Waals surface area contributed by atoms with Crippen LogP contribution < -0.4 is 16.6 Å². The number of aromatic nitrogens is 2. The van der Waals surface area contributed by atoms with E-state index in [-0.39, 0.29) is 6.54 Å². The fourth-order valence-electron chi connectivity index (χ4n) is 2.71. The molecular formula is C15H26N3O5P. The number of rotatable bonds is 6. The number of H-pyrrole nitrogens is 1. The highest BCUT2D eigenvalue weighted by Gasteiger charge is 2.43. The average Bonchev–Trinajstić information content (AvgIpc) is 2.75. The second kappa shape index (κ2) is 7.37. The van der Waals surface area contributed by atoms with Gasteiger partial charge in [-0.3, -0.25) is 14.3 Å². The molecule has 1 fully saturated rings. The Kier molecular flexibility index (Phi) is 5.88. The minimum absolute atomic E-state index is 0.268. The maximum Gasteiger partial charge on any atom is 0.330 e. The molecule has 8 nitrogen and oxygen atoms in total. The molecule has 0 amide bonds. The van der Waals surface area contributed by atoms with Crippen molar-refractivity contribution >= 4 is 13.2 Å². The van der Waals surface area contributed by atoms with Crippen LogP contribution in [0.15, 0.2) is 15.8 Å². The van der Waals surface area contributed by atoms with E-state index in [1.54, 1.807) is 7.05 Å². The number of hydrogen-bond donors (Lipinski definition) is 4. The van der Waals surface area contributed by atoms with E-state index in [2.05, 4.69) is 29.9 Å². The van der Waals surface area contributed by atoms with Crippen molar-refractivity contribution < 1.29 is 14.9 Å². The smallest absolute Gasteiger partial charge is 0.330 e. The maximum atomic E-state index is 12.1. The van der Waals surface area contributed by atoms with Gasteiger partial charge in [0.05, 0.1) is 6.10 Å². The quantitative estimate of drug-likeness (QED) is 0.483. The van der Waals surface area contributed by atoms with Gasteiger partial charge in [0.2, 0.25) is 0 Å². The Bertz CT molecular complexity index is 737. The summed E-state index contributed by atoms with van der Waals surface area (Å²) in [7, 11) is 1.68. The first-order valence-corrected chi connectivity index (χ1v) is 10.9. The summed E-state index contributed by atoms with van der Waals surface area (Å²) in [4.78, 5) is 26.0. The van der Waals surface area contributed by atoms with Gasteiger partial charge in [0, 0.05) is 18.3 Å². The van der Waals surface area contributed by atoms with Gasteiger partial charge in [0.15, 0.2) is 6.23 Å². The molecule has 0 aromatic carbocycles. The molecule has 0 spiro atoms. The van der Waals surface area contributed by atoms with E-state index in [0.29, 0.717) is 12.0 Å². The van der Waals surface area contributed by atoms with Crippen molar-refractivity contribution in [2.24, 2.45) is 0 Å². The van der Waals surface area contributed by atoms with Crippen LogP contribution in [0.1, 0.15) is 18.2 Å². The zero-order chi connectivity index (χ0) is 18.1. The first-order valence-electron chi connectivity index (χ1n) is 7.82. The molecule has 2 rings (SSSR count). The van der Waals surface area contributed by atoms with Gasteiger partial charge in [-0.05, 0) is 33.0 Å². The van der Waals surface area contributed by atoms with Crippen LogP contribution in [0.2, 0.25) is 0 Å². The summed E-state index contributed by atoms with van der Waals surface area (Å²) in [5, 5.41) is 23.3. The molecule has 1 aromatic rings.